The Kier molecular flexibility index (Phi) is 12.9. The van der Waals surface area contributed by atoms with Gasteiger partial charge in [-0.1, -0.05) is 38.1 Å². The van der Waals surface area contributed by atoms with Crippen LogP contribution in [0.15, 0.2) is 29.3 Å². The molecule has 150 valence electrons. The minimum atomic E-state index is -3.14. The van der Waals surface area contributed by atoms with Crippen molar-refractivity contribution < 1.29 is 8.42 Å². The summed E-state index contributed by atoms with van der Waals surface area (Å²) in [4.78, 5) is 4.53. The van der Waals surface area contributed by atoms with E-state index in [2.05, 4.69) is 58.5 Å². The van der Waals surface area contributed by atoms with Crippen molar-refractivity contribution in [1.82, 2.24) is 15.4 Å². The van der Waals surface area contributed by atoms with Crippen molar-refractivity contribution in [2.45, 2.75) is 39.5 Å². The lowest BCUT2D eigenvalue weighted by atomic mass is 10.0. The molecular formula is C18H33IN4O2S. The molecule has 0 heterocycles. The minimum Gasteiger partial charge on any atom is -0.357 e. The molecule has 0 aliphatic heterocycles. The van der Waals surface area contributed by atoms with Crippen LogP contribution >= 0.6 is 24.0 Å². The molecule has 0 unspecified atom stereocenters. The summed E-state index contributed by atoms with van der Waals surface area (Å²) in [7, 11) is -3.14. The van der Waals surface area contributed by atoms with Gasteiger partial charge in [0.15, 0.2) is 5.96 Å². The Hall–Kier alpha value is -0.870. The molecule has 0 atom stereocenters. The standard InChI is InChI=1S/C18H32N4O2S.HI/c1-5-19-18(21-13-14-22-25(4,23)24)20-12-6-7-16-8-10-17(11-9-16)15(2)3;/h8-11,15,22H,5-7,12-14H2,1-4H3,(H2,19,20,21);1H. The van der Waals surface area contributed by atoms with Crippen LogP contribution in [-0.2, 0) is 16.4 Å². The first-order valence-electron chi connectivity index (χ1n) is 8.87. The van der Waals surface area contributed by atoms with Gasteiger partial charge >= 0.3 is 0 Å². The summed E-state index contributed by atoms with van der Waals surface area (Å²) in [6, 6.07) is 8.78. The first-order valence-corrected chi connectivity index (χ1v) is 10.8. The Labute approximate surface area is 175 Å². The van der Waals surface area contributed by atoms with E-state index in [-0.39, 0.29) is 24.0 Å². The zero-order chi connectivity index (χ0) is 18.7. The molecule has 6 nitrogen and oxygen atoms in total. The minimum absolute atomic E-state index is 0. The molecule has 0 aromatic heterocycles. The third kappa shape index (κ3) is 11.7. The van der Waals surface area contributed by atoms with Crippen LogP contribution < -0.4 is 15.4 Å². The van der Waals surface area contributed by atoms with E-state index in [0.717, 1.165) is 32.2 Å². The smallest absolute Gasteiger partial charge is 0.208 e. The highest BCUT2D eigenvalue weighted by Crippen LogP contribution is 2.15. The Morgan fingerprint density at radius 2 is 1.77 bits per heavy atom. The van der Waals surface area contributed by atoms with E-state index < -0.39 is 10.0 Å². The highest BCUT2D eigenvalue weighted by atomic mass is 127. The van der Waals surface area contributed by atoms with E-state index in [4.69, 9.17) is 0 Å². The fourth-order valence-electron chi connectivity index (χ4n) is 2.30. The van der Waals surface area contributed by atoms with Crippen LogP contribution in [0.3, 0.4) is 0 Å². The summed E-state index contributed by atoms with van der Waals surface area (Å²) >= 11 is 0. The number of aliphatic imine (C=N–C) groups is 1. The molecule has 1 rings (SSSR count). The summed E-state index contributed by atoms with van der Waals surface area (Å²) in [6.45, 7) is 8.72. The lowest BCUT2D eigenvalue weighted by molar-refractivity contribution is 0.586. The molecule has 0 bridgehead atoms. The van der Waals surface area contributed by atoms with Crippen LogP contribution in [0.5, 0.6) is 0 Å². The zero-order valence-corrected chi connectivity index (χ0v) is 19.4. The quantitative estimate of drug-likeness (QED) is 0.201. The third-order valence-electron chi connectivity index (χ3n) is 3.67. The van der Waals surface area contributed by atoms with Crippen molar-refractivity contribution in [3.63, 3.8) is 0 Å². The second-order valence-electron chi connectivity index (χ2n) is 6.35. The summed E-state index contributed by atoms with van der Waals surface area (Å²) in [6.07, 6.45) is 3.12. The van der Waals surface area contributed by atoms with Crippen molar-refractivity contribution in [2.75, 3.05) is 32.4 Å². The van der Waals surface area contributed by atoms with Crippen molar-refractivity contribution >= 4 is 40.0 Å². The Bertz CT molecular complexity index is 631. The molecule has 8 heteroatoms. The summed E-state index contributed by atoms with van der Waals surface area (Å²) in [5.41, 5.74) is 2.69. The molecule has 0 saturated heterocycles. The fraction of sp³-hybridized carbons (Fsp3) is 0.611. The molecule has 0 aliphatic carbocycles. The Balaban J connectivity index is 0.00000625. The maximum absolute atomic E-state index is 11.0. The van der Waals surface area contributed by atoms with Gasteiger partial charge in [-0.15, -0.1) is 24.0 Å². The molecule has 0 aliphatic rings. The monoisotopic (exact) mass is 496 g/mol. The molecular weight excluding hydrogens is 463 g/mol. The first kappa shape index (κ1) is 25.1. The maximum Gasteiger partial charge on any atom is 0.208 e. The van der Waals surface area contributed by atoms with Gasteiger partial charge < -0.3 is 10.6 Å². The molecule has 0 saturated carbocycles. The summed E-state index contributed by atoms with van der Waals surface area (Å²) in [5, 5.41) is 6.28. The Morgan fingerprint density at radius 3 is 2.31 bits per heavy atom. The van der Waals surface area contributed by atoms with Gasteiger partial charge in [0.2, 0.25) is 10.0 Å². The number of hydrogen-bond donors (Lipinski definition) is 3. The highest BCUT2D eigenvalue weighted by Gasteiger charge is 2.01. The first-order chi connectivity index (χ1) is 11.8. The molecule has 3 N–H and O–H groups in total. The van der Waals surface area contributed by atoms with Gasteiger partial charge in [0.25, 0.3) is 0 Å². The average molecular weight is 496 g/mol. The van der Waals surface area contributed by atoms with Gasteiger partial charge in [0, 0.05) is 26.2 Å². The van der Waals surface area contributed by atoms with Crippen molar-refractivity contribution in [2.24, 2.45) is 4.99 Å². The fourth-order valence-corrected chi connectivity index (χ4v) is 2.78. The van der Waals surface area contributed by atoms with Crippen molar-refractivity contribution in [3.05, 3.63) is 35.4 Å². The van der Waals surface area contributed by atoms with Gasteiger partial charge in [-0.25, -0.2) is 13.1 Å². The number of nitrogens with zero attached hydrogens (tertiary/aromatic N) is 1. The predicted molar refractivity (Wildman–Crippen MR) is 121 cm³/mol. The predicted octanol–water partition coefficient (Wildman–Crippen LogP) is 2.46. The number of halogens is 1. The van der Waals surface area contributed by atoms with Crippen LogP contribution in [0, 0.1) is 0 Å². The van der Waals surface area contributed by atoms with Crippen LogP contribution in [0.4, 0.5) is 0 Å². The molecule has 1 aromatic rings. The van der Waals surface area contributed by atoms with Gasteiger partial charge in [-0.3, -0.25) is 4.99 Å². The van der Waals surface area contributed by atoms with Gasteiger partial charge in [0.05, 0.1) is 6.26 Å². The number of benzene rings is 1. The van der Waals surface area contributed by atoms with E-state index in [1.54, 1.807) is 0 Å². The number of guanidine groups is 1. The molecule has 1 aromatic carbocycles. The van der Waals surface area contributed by atoms with Gasteiger partial charge in [-0.2, -0.15) is 0 Å². The highest BCUT2D eigenvalue weighted by molar-refractivity contribution is 14.0. The van der Waals surface area contributed by atoms with Gasteiger partial charge in [0.1, 0.15) is 0 Å². The van der Waals surface area contributed by atoms with E-state index >= 15 is 0 Å². The van der Waals surface area contributed by atoms with E-state index in [9.17, 15) is 8.42 Å². The molecule has 0 spiro atoms. The molecule has 0 fully saturated rings. The molecule has 0 amide bonds. The van der Waals surface area contributed by atoms with Gasteiger partial charge in [-0.05, 0) is 36.8 Å². The average Bonchev–Trinajstić information content (AvgIpc) is 2.55. The second kappa shape index (κ2) is 13.3. The molecule has 26 heavy (non-hydrogen) atoms. The third-order valence-corrected chi connectivity index (χ3v) is 4.39. The van der Waals surface area contributed by atoms with Crippen LogP contribution in [0.1, 0.15) is 44.2 Å². The largest absolute Gasteiger partial charge is 0.357 e. The topological polar surface area (TPSA) is 82.6 Å². The number of aryl methyl sites for hydroxylation is 1. The van der Waals surface area contributed by atoms with Crippen molar-refractivity contribution in [3.8, 4) is 0 Å². The van der Waals surface area contributed by atoms with Crippen LogP contribution in [-0.4, -0.2) is 46.8 Å². The van der Waals surface area contributed by atoms with E-state index in [0.29, 0.717) is 25.0 Å². The number of sulfonamides is 1. The normalized spacial score (nSPS) is 12.0. The Morgan fingerprint density at radius 1 is 1.12 bits per heavy atom. The zero-order valence-electron chi connectivity index (χ0n) is 16.2. The van der Waals surface area contributed by atoms with Crippen molar-refractivity contribution in [1.29, 1.82) is 0 Å². The second-order valence-corrected chi connectivity index (χ2v) is 8.19. The van der Waals surface area contributed by atoms with E-state index in [1.807, 2.05) is 6.92 Å². The van der Waals surface area contributed by atoms with Crippen LogP contribution in [0.25, 0.3) is 0 Å². The number of hydrogen-bond acceptors (Lipinski definition) is 3. The number of rotatable bonds is 10. The lowest BCUT2D eigenvalue weighted by Gasteiger charge is -2.11. The molecule has 0 radical (unpaired) electrons. The SMILES string of the molecule is CCNC(=NCCCc1ccc(C(C)C)cc1)NCCNS(C)(=O)=O.I. The number of nitrogens with one attached hydrogen (secondary N) is 3. The van der Waals surface area contributed by atoms with E-state index in [1.165, 1.54) is 11.1 Å². The van der Waals surface area contributed by atoms with Crippen LogP contribution in [0.2, 0.25) is 0 Å². The summed E-state index contributed by atoms with van der Waals surface area (Å²) in [5.74, 6) is 1.28. The lowest BCUT2D eigenvalue weighted by Crippen LogP contribution is -2.41. The summed E-state index contributed by atoms with van der Waals surface area (Å²) < 4.78 is 24.5. The maximum atomic E-state index is 11.0.